The molecule has 2 fully saturated rings. The molecule has 1 heterocycles. The summed E-state index contributed by atoms with van der Waals surface area (Å²) in [4.78, 5) is 14.2. The first-order valence-electron chi connectivity index (χ1n) is 7.23. The summed E-state index contributed by atoms with van der Waals surface area (Å²) in [6, 6.07) is 0.250. The van der Waals surface area contributed by atoms with Gasteiger partial charge in [0.25, 0.3) is 0 Å². The molecule has 5 heteroatoms. The van der Waals surface area contributed by atoms with E-state index >= 15 is 0 Å². The Morgan fingerprint density at radius 2 is 1.95 bits per heavy atom. The molecule has 2 aliphatic rings. The van der Waals surface area contributed by atoms with Crippen molar-refractivity contribution >= 4 is 18.3 Å². The van der Waals surface area contributed by atoms with Gasteiger partial charge >= 0.3 is 0 Å². The molecular weight excluding hydrogens is 264 g/mol. The first-order chi connectivity index (χ1) is 8.70. The predicted molar refractivity (Wildman–Crippen MR) is 78.4 cm³/mol. The Kier molecular flexibility index (Phi) is 7.11. The van der Waals surface area contributed by atoms with Gasteiger partial charge in [0.05, 0.1) is 0 Å². The molecule has 1 saturated carbocycles. The SMILES string of the molecule is COCC1CCN(C(=O)C[C@@H]2CCC[C@H]2N)CC1.Cl. The Morgan fingerprint density at radius 3 is 2.47 bits per heavy atom. The molecule has 1 amide bonds. The van der Waals surface area contributed by atoms with Crippen LogP contribution in [0.15, 0.2) is 0 Å². The fourth-order valence-electron chi connectivity index (χ4n) is 3.26. The third kappa shape index (κ3) is 4.62. The van der Waals surface area contributed by atoms with Crippen molar-refractivity contribution in [2.24, 2.45) is 17.6 Å². The van der Waals surface area contributed by atoms with Crippen molar-refractivity contribution in [1.82, 2.24) is 4.90 Å². The maximum Gasteiger partial charge on any atom is 0.222 e. The van der Waals surface area contributed by atoms with Crippen LogP contribution < -0.4 is 5.73 Å². The van der Waals surface area contributed by atoms with Crippen LogP contribution in [0.4, 0.5) is 0 Å². The maximum atomic E-state index is 12.2. The van der Waals surface area contributed by atoms with Gasteiger partial charge in [0.15, 0.2) is 0 Å². The lowest BCUT2D eigenvalue weighted by Gasteiger charge is -2.32. The van der Waals surface area contributed by atoms with E-state index in [0.717, 1.165) is 45.4 Å². The Labute approximate surface area is 122 Å². The molecule has 2 N–H and O–H groups in total. The molecule has 0 radical (unpaired) electrons. The number of piperidine rings is 1. The van der Waals surface area contributed by atoms with Gasteiger partial charge in [-0.25, -0.2) is 0 Å². The van der Waals surface area contributed by atoms with Gasteiger partial charge in [-0.3, -0.25) is 4.79 Å². The lowest BCUT2D eigenvalue weighted by atomic mass is 9.95. The van der Waals surface area contributed by atoms with Crippen LogP contribution in [-0.2, 0) is 9.53 Å². The maximum absolute atomic E-state index is 12.2. The Morgan fingerprint density at radius 1 is 1.26 bits per heavy atom. The van der Waals surface area contributed by atoms with Crippen molar-refractivity contribution in [2.75, 3.05) is 26.8 Å². The van der Waals surface area contributed by atoms with Crippen molar-refractivity contribution in [3.8, 4) is 0 Å². The number of halogens is 1. The van der Waals surface area contributed by atoms with E-state index in [2.05, 4.69) is 0 Å². The lowest BCUT2D eigenvalue weighted by Crippen LogP contribution is -2.41. The number of rotatable bonds is 4. The molecule has 1 saturated heterocycles. The summed E-state index contributed by atoms with van der Waals surface area (Å²) in [6.45, 7) is 2.62. The summed E-state index contributed by atoms with van der Waals surface area (Å²) in [7, 11) is 1.75. The minimum atomic E-state index is 0. The minimum Gasteiger partial charge on any atom is -0.384 e. The zero-order valence-electron chi connectivity index (χ0n) is 11.8. The van der Waals surface area contributed by atoms with E-state index in [0.29, 0.717) is 24.2 Å². The highest BCUT2D eigenvalue weighted by molar-refractivity contribution is 5.85. The van der Waals surface area contributed by atoms with E-state index < -0.39 is 0 Å². The largest absolute Gasteiger partial charge is 0.384 e. The van der Waals surface area contributed by atoms with Gasteiger partial charge in [-0.15, -0.1) is 12.4 Å². The summed E-state index contributed by atoms with van der Waals surface area (Å²) < 4.78 is 5.18. The third-order valence-electron chi connectivity index (χ3n) is 4.52. The molecule has 0 aromatic carbocycles. The molecule has 0 spiro atoms. The Bertz CT molecular complexity index is 281. The number of methoxy groups -OCH3 is 1. The van der Waals surface area contributed by atoms with Crippen LogP contribution in [0.25, 0.3) is 0 Å². The second-order valence-electron chi connectivity index (χ2n) is 5.84. The minimum absolute atomic E-state index is 0. The van der Waals surface area contributed by atoms with E-state index in [-0.39, 0.29) is 18.4 Å². The summed E-state index contributed by atoms with van der Waals surface area (Å²) in [5, 5.41) is 0. The van der Waals surface area contributed by atoms with E-state index in [4.69, 9.17) is 10.5 Å². The summed E-state index contributed by atoms with van der Waals surface area (Å²) in [5.74, 6) is 1.37. The van der Waals surface area contributed by atoms with Crippen LogP contribution in [0.1, 0.15) is 38.5 Å². The average molecular weight is 291 g/mol. The van der Waals surface area contributed by atoms with Crippen LogP contribution in [0.2, 0.25) is 0 Å². The highest BCUT2D eigenvalue weighted by atomic mass is 35.5. The number of nitrogens with zero attached hydrogens (tertiary/aromatic N) is 1. The molecule has 4 nitrogen and oxygen atoms in total. The number of amides is 1. The van der Waals surface area contributed by atoms with Crippen LogP contribution >= 0.6 is 12.4 Å². The van der Waals surface area contributed by atoms with Crippen LogP contribution in [-0.4, -0.2) is 43.7 Å². The molecule has 0 aromatic heterocycles. The number of ether oxygens (including phenoxy) is 1. The van der Waals surface area contributed by atoms with Crippen molar-refractivity contribution in [1.29, 1.82) is 0 Å². The van der Waals surface area contributed by atoms with Crippen molar-refractivity contribution in [2.45, 2.75) is 44.6 Å². The molecule has 0 bridgehead atoms. The molecule has 2 atom stereocenters. The van der Waals surface area contributed by atoms with Gasteiger partial charge < -0.3 is 15.4 Å². The number of likely N-dealkylation sites (tertiary alicyclic amines) is 1. The molecule has 0 unspecified atom stereocenters. The number of hydrogen-bond donors (Lipinski definition) is 1. The molecule has 19 heavy (non-hydrogen) atoms. The van der Waals surface area contributed by atoms with Crippen molar-refractivity contribution < 1.29 is 9.53 Å². The second kappa shape index (κ2) is 8.08. The fraction of sp³-hybridized carbons (Fsp3) is 0.929. The van der Waals surface area contributed by atoms with E-state index in [1.54, 1.807) is 7.11 Å². The molecule has 0 aromatic rings. The quantitative estimate of drug-likeness (QED) is 0.859. The van der Waals surface area contributed by atoms with Gasteiger partial charge in [0.2, 0.25) is 5.91 Å². The normalized spacial score (nSPS) is 28.2. The van der Waals surface area contributed by atoms with Gasteiger partial charge in [0, 0.05) is 39.3 Å². The molecule has 1 aliphatic carbocycles. The average Bonchev–Trinajstić information content (AvgIpc) is 2.76. The van der Waals surface area contributed by atoms with Gasteiger partial charge in [0.1, 0.15) is 0 Å². The number of carbonyl (C=O) groups excluding carboxylic acids is 1. The van der Waals surface area contributed by atoms with E-state index in [9.17, 15) is 4.79 Å². The summed E-state index contributed by atoms with van der Waals surface area (Å²) in [5.41, 5.74) is 6.03. The Hall–Kier alpha value is -0.320. The topological polar surface area (TPSA) is 55.6 Å². The van der Waals surface area contributed by atoms with Crippen LogP contribution in [0.5, 0.6) is 0 Å². The zero-order valence-corrected chi connectivity index (χ0v) is 12.7. The third-order valence-corrected chi connectivity index (χ3v) is 4.52. The summed E-state index contributed by atoms with van der Waals surface area (Å²) in [6.07, 6.45) is 6.23. The van der Waals surface area contributed by atoms with Gasteiger partial charge in [-0.1, -0.05) is 6.42 Å². The van der Waals surface area contributed by atoms with Gasteiger partial charge in [-0.2, -0.15) is 0 Å². The number of carbonyl (C=O) groups is 1. The second-order valence-corrected chi connectivity index (χ2v) is 5.84. The molecule has 112 valence electrons. The van der Waals surface area contributed by atoms with Crippen LogP contribution in [0, 0.1) is 11.8 Å². The molecule has 1 aliphatic heterocycles. The highest BCUT2D eigenvalue weighted by Crippen LogP contribution is 2.28. The predicted octanol–water partition coefficient (Wildman–Crippen LogP) is 1.81. The highest BCUT2D eigenvalue weighted by Gasteiger charge is 2.29. The molecule has 2 rings (SSSR count). The van der Waals surface area contributed by atoms with Crippen LogP contribution in [0.3, 0.4) is 0 Å². The molecular formula is C14H27ClN2O2. The van der Waals surface area contributed by atoms with Gasteiger partial charge in [-0.05, 0) is 37.5 Å². The van der Waals surface area contributed by atoms with E-state index in [1.807, 2.05) is 4.90 Å². The standard InChI is InChI=1S/C14H26N2O2.ClH/c1-18-10-11-5-7-16(8-6-11)14(17)9-12-3-2-4-13(12)15;/h11-13H,2-10,15H2,1H3;1H/t12-,13+;/m0./s1. The van der Waals surface area contributed by atoms with Crippen molar-refractivity contribution in [3.63, 3.8) is 0 Å². The van der Waals surface area contributed by atoms with E-state index in [1.165, 1.54) is 6.42 Å². The first-order valence-corrected chi connectivity index (χ1v) is 7.23. The lowest BCUT2D eigenvalue weighted by molar-refractivity contribution is -0.133. The van der Waals surface area contributed by atoms with Crippen molar-refractivity contribution in [3.05, 3.63) is 0 Å². The first kappa shape index (κ1) is 16.7. The Balaban J connectivity index is 0.00000180. The summed E-state index contributed by atoms with van der Waals surface area (Å²) >= 11 is 0. The zero-order chi connectivity index (χ0) is 13.0. The number of nitrogens with two attached hydrogens (primary N) is 1. The fourth-order valence-corrected chi connectivity index (χ4v) is 3.26. The monoisotopic (exact) mass is 290 g/mol. The number of hydrogen-bond acceptors (Lipinski definition) is 3. The smallest absolute Gasteiger partial charge is 0.222 e.